The fraction of sp³-hybridized carbons (Fsp3) is 0.368. The van der Waals surface area contributed by atoms with Gasteiger partial charge in [-0.05, 0) is 38.5 Å². The first-order valence-electron chi connectivity index (χ1n) is 8.17. The van der Waals surface area contributed by atoms with Gasteiger partial charge < -0.3 is 10.3 Å². The number of ketones is 2. The minimum absolute atomic E-state index is 0.00873. The molecule has 0 aliphatic heterocycles. The van der Waals surface area contributed by atoms with E-state index >= 15 is 0 Å². The summed E-state index contributed by atoms with van der Waals surface area (Å²) in [6, 6.07) is 8.44. The summed E-state index contributed by atoms with van der Waals surface area (Å²) in [6.07, 6.45) is 0.941. The van der Waals surface area contributed by atoms with Crippen LogP contribution in [0.1, 0.15) is 64.0 Å². The highest BCUT2D eigenvalue weighted by Crippen LogP contribution is 2.19. The zero-order valence-corrected chi connectivity index (χ0v) is 16.2. The molecule has 0 aliphatic rings. The Hall–Kier alpha value is -1.72. The van der Waals surface area contributed by atoms with Crippen molar-refractivity contribution in [3.8, 4) is 0 Å². The van der Waals surface area contributed by atoms with Crippen molar-refractivity contribution in [1.82, 2.24) is 4.98 Å². The van der Waals surface area contributed by atoms with Crippen LogP contribution < -0.4 is 5.32 Å². The summed E-state index contributed by atoms with van der Waals surface area (Å²) in [5.41, 5.74) is 3.92. The highest BCUT2D eigenvalue weighted by Gasteiger charge is 2.22. The van der Waals surface area contributed by atoms with Crippen LogP contribution in [-0.4, -0.2) is 23.1 Å². The van der Waals surface area contributed by atoms with E-state index < -0.39 is 0 Å². The number of carbonyl (C=O) groups is 2. The highest BCUT2D eigenvalue weighted by atomic mass is 79.9. The van der Waals surface area contributed by atoms with Crippen molar-refractivity contribution in [2.45, 2.75) is 40.2 Å². The molecule has 2 aromatic rings. The standard InChI is InChI=1S/C19H23BrN2O2/c1-5-16(14-6-8-15(20)9-7-14)21-10-17(24)19-11(2)18(13(4)23)12(3)22-19/h6-9,16,21-22H,5,10H2,1-4H3/p+1/t16-/m1/s1. The van der Waals surface area contributed by atoms with E-state index in [0.29, 0.717) is 17.8 Å². The number of Topliss-reactive ketones (excluding diaryl/α,β-unsaturated/α-hetero) is 2. The van der Waals surface area contributed by atoms with Gasteiger partial charge in [-0.1, -0.05) is 35.0 Å². The van der Waals surface area contributed by atoms with Crippen LogP contribution in [0.15, 0.2) is 28.7 Å². The van der Waals surface area contributed by atoms with Crippen molar-refractivity contribution in [3.05, 3.63) is 56.8 Å². The Morgan fingerprint density at radius 3 is 2.33 bits per heavy atom. The number of H-pyrrole nitrogens is 1. The molecule has 1 aromatic heterocycles. The number of quaternary nitrogens is 1. The number of hydrogen-bond acceptors (Lipinski definition) is 2. The molecule has 0 spiro atoms. The van der Waals surface area contributed by atoms with E-state index in [-0.39, 0.29) is 17.6 Å². The van der Waals surface area contributed by atoms with Gasteiger partial charge in [0, 0.05) is 27.7 Å². The molecule has 3 N–H and O–H groups in total. The van der Waals surface area contributed by atoms with Crippen LogP contribution in [0.4, 0.5) is 0 Å². The molecule has 0 saturated carbocycles. The second-order valence-electron chi connectivity index (χ2n) is 6.11. The van der Waals surface area contributed by atoms with Crippen LogP contribution in [0.5, 0.6) is 0 Å². The Balaban J connectivity index is 2.11. The zero-order chi connectivity index (χ0) is 17.9. The SMILES string of the molecule is CC[C@@H]([NH2+]CC(=O)c1[nH]c(C)c(C(C)=O)c1C)c1ccc(Br)cc1. The molecule has 128 valence electrons. The van der Waals surface area contributed by atoms with Crippen LogP contribution in [0, 0.1) is 13.8 Å². The summed E-state index contributed by atoms with van der Waals surface area (Å²) in [6.45, 7) is 7.67. The Labute approximate surface area is 151 Å². The van der Waals surface area contributed by atoms with Crippen molar-refractivity contribution in [2.75, 3.05) is 6.54 Å². The number of benzene rings is 1. The normalized spacial score (nSPS) is 12.2. The van der Waals surface area contributed by atoms with E-state index in [9.17, 15) is 9.59 Å². The number of aromatic amines is 1. The monoisotopic (exact) mass is 391 g/mol. The van der Waals surface area contributed by atoms with Gasteiger partial charge in [-0.25, -0.2) is 0 Å². The molecule has 1 atom stereocenters. The summed E-state index contributed by atoms with van der Waals surface area (Å²) in [5.74, 6) is 0.0178. The number of nitrogens with two attached hydrogens (primary N) is 1. The number of aryl methyl sites for hydroxylation is 1. The summed E-state index contributed by atoms with van der Waals surface area (Å²) in [5, 5.41) is 2.06. The number of carbonyl (C=O) groups excluding carboxylic acids is 2. The topological polar surface area (TPSA) is 66.5 Å². The second kappa shape index (κ2) is 7.90. The van der Waals surface area contributed by atoms with Gasteiger partial charge in [0.25, 0.3) is 0 Å². The molecule has 0 aliphatic carbocycles. The van der Waals surface area contributed by atoms with Gasteiger partial charge in [-0.2, -0.15) is 0 Å². The minimum Gasteiger partial charge on any atom is -0.355 e. The molecule has 4 nitrogen and oxygen atoms in total. The number of halogens is 1. The van der Waals surface area contributed by atoms with Crippen LogP contribution in [0.2, 0.25) is 0 Å². The third-order valence-corrected chi connectivity index (χ3v) is 4.92. The van der Waals surface area contributed by atoms with Gasteiger partial charge in [-0.3, -0.25) is 9.59 Å². The van der Waals surface area contributed by atoms with Crippen molar-refractivity contribution >= 4 is 27.5 Å². The summed E-state index contributed by atoms with van der Waals surface area (Å²) < 4.78 is 1.05. The van der Waals surface area contributed by atoms with Gasteiger partial charge in [0.05, 0.1) is 5.69 Å². The lowest BCUT2D eigenvalue weighted by Gasteiger charge is -2.14. The third-order valence-electron chi connectivity index (χ3n) is 4.39. The lowest BCUT2D eigenvalue weighted by atomic mass is 10.0. The van der Waals surface area contributed by atoms with Gasteiger partial charge in [0.15, 0.2) is 5.78 Å². The Kier molecular flexibility index (Phi) is 6.13. The second-order valence-corrected chi connectivity index (χ2v) is 7.03. The maximum absolute atomic E-state index is 12.6. The quantitative estimate of drug-likeness (QED) is 0.709. The predicted molar refractivity (Wildman–Crippen MR) is 98.6 cm³/mol. The maximum atomic E-state index is 12.6. The molecular formula is C19H24BrN2O2+. The molecule has 2 rings (SSSR count). The molecule has 0 unspecified atom stereocenters. The molecule has 1 aromatic carbocycles. The summed E-state index contributed by atoms with van der Waals surface area (Å²) in [4.78, 5) is 27.4. The molecule has 5 heteroatoms. The van der Waals surface area contributed by atoms with Crippen molar-refractivity contribution in [3.63, 3.8) is 0 Å². The first-order chi connectivity index (χ1) is 11.3. The number of hydrogen-bond donors (Lipinski definition) is 2. The lowest BCUT2D eigenvalue weighted by molar-refractivity contribution is -0.685. The van der Waals surface area contributed by atoms with Crippen LogP contribution in [0.25, 0.3) is 0 Å². The first kappa shape index (κ1) is 18.6. The smallest absolute Gasteiger partial charge is 0.233 e. The van der Waals surface area contributed by atoms with Crippen LogP contribution in [-0.2, 0) is 0 Å². The number of rotatable bonds is 7. The van der Waals surface area contributed by atoms with E-state index in [1.54, 1.807) is 0 Å². The summed E-state index contributed by atoms with van der Waals surface area (Å²) in [7, 11) is 0. The summed E-state index contributed by atoms with van der Waals surface area (Å²) >= 11 is 3.44. The van der Waals surface area contributed by atoms with E-state index in [0.717, 1.165) is 22.2 Å². The average Bonchev–Trinajstić information content (AvgIpc) is 2.84. The number of nitrogens with one attached hydrogen (secondary N) is 1. The Bertz CT molecular complexity index is 747. The highest BCUT2D eigenvalue weighted by molar-refractivity contribution is 9.10. The first-order valence-corrected chi connectivity index (χ1v) is 8.96. The fourth-order valence-corrected chi connectivity index (χ4v) is 3.42. The fourth-order valence-electron chi connectivity index (χ4n) is 3.16. The molecule has 1 heterocycles. The molecule has 0 bridgehead atoms. The Morgan fingerprint density at radius 1 is 1.21 bits per heavy atom. The van der Waals surface area contributed by atoms with Crippen LogP contribution in [0.3, 0.4) is 0 Å². The molecule has 0 fully saturated rings. The van der Waals surface area contributed by atoms with Crippen molar-refractivity contribution < 1.29 is 14.9 Å². The molecular weight excluding hydrogens is 368 g/mol. The van der Waals surface area contributed by atoms with Gasteiger partial charge in [0.2, 0.25) is 5.78 Å². The van der Waals surface area contributed by atoms with Gasteiger partial charge in [0.1, 0.15) is 12.6 Å². The number of aromatic nitrogens is 1. The molecule has 0 saturated heterocycles. The maximum Gasteiger partial charge on any atom is 0.233 e. The minimum atomic E-state index is -0.00873. The zero-order valence-electron chi connectivity index (χ0n) is 14.6. The predicted octanol–water partition coefficient (Wildman–Crippen LogP) is 3.49. The van der Waals surface area contributed by atoms with Crippen molar-refractivity contribution in [2.24, 2.45) is 0 Å². The van der Waals surface area contributed by atoms with E-state index in [1.807, 2.05) is 26.0 Å². The van der Waals surface area contributed by atoms with E-state index in [1.165, 1.54) is 12.5 Å². The molecule has 0 amide bonds. The van der Waals surface area contributed by atoms with E-state index in [4.69, 9.17) is 0 Å². The third kappa shape index (κ3) is 4.02. The van der Waals surface area contributed by atoms with Crippen molar-refractivity contribution in [1.29, 1.82) is 0 Å². The lowest BCUT2D eigenvalue weighted by Crippen LogP contribution is -2.86. The largest absolute Gasteiger partial charge is 0.355 e. The molecule has 24 heavy (non-hydrogen) atoms. The van der Waals surface area contributed by atoms with Crippen LogP contribution >= 0.6 is 15.9 Å². The van der Waals surface area contributed by atoms with Gasteiger partial charge >= 0.3 is 0 Å². The molecule has 0 radical (unpaired) electrons. The van der Waals surface area contributed by atoms with Gasteiger partial charge in [-0.15, -0.1) is 0 Å². The average molecular weight is 392 g/mol. The van der Waals surface area contributed by atoms with E-state index in [2.05, 4.69) is 45.3 Å². The Morgan fingerprint density at radius 2 is 1.83 bits per heavy atom.